The van der Waals surface area contributed by atoms with Gasteiger partial charge in [-0.25, -0.2) is 18.9 Å². The van der Waals surface area contributed by atoms with Crippen LogP contribution in [-0.4, -0.2) is 43.6 Å². The molecular weight excluding hydrogens is 471 g/mol. The molecule has 1 fully saturated rings. The molecule has 2 aromatic rings. The molecule has 9 nitrogen and oxygen atoms in total. The topological polar surface area (TPSA) is 111 Å². The lowest BCUT2D eigenvalue weighted by molar-refractivity contribution is -0.145. The van der Waals surface area contributed by atoms with Crippen molar-refractivity contribution in [3.8, 4) is 11.5 Å². The summed E-state index contributed by atoms with van der Waals surface area (Å²) < 4.78 is 29.0. The summed E-state index contributed by atoms with van der Waals surface area (Å²) in [4.78, 5) is 50.0. The maximum atomic E-state index is 13.3. The Morgan fingerprint density at radius 1 is 1.09 bits per heavy atom. The second-order valence-electron chi connectivity index (χ2n) is 6.79. The molecule has 4 amide bonds. The number of halogens is 2. The minimum absolute atomic E-state index is 0.0530. The molecule has 0 spiro atoms. The van der Waals surface area contributed by atoms with Crippen LogP contribution in [0.3, 0.4) is 0 Å². The van der Waals surface area contributed by atoms with E-state index in [1.54, 1.807) is 13.8 Å². The molecule has 178 valence electrons. The Morgan fingerprint density at radius 2 is 1.79 bits per heavy atom. The summed E-state index contributed by atoms with van der Waals surface area (Å²) in [5, 5.41) is 2.13. The zero-order valence-corrected chi connectivity index (χ0v) is 19.0. The van der Waals surface area contributed by atoms with E-state index in [1.165, 1.54) is 30.3 Å². The van der Waals surface area contributed by atoms with Crippen LogP contribution in [0.1, 0.15) is 19.4 Å². The van der Waals surface area contributed by atoms with Crippen molar-refractivity contribution >= 4 is 47.2 Å². The normalized spacial score (nSPS) is 14.8. The van der Waals surface area contributed by atoms with Crippen LogP contribution in [0.25, 0.3) is 6.08 Å². The smallest absolute Gasteiger partial charge is 0.344 e. The van der Waals surface area contributed by atoms with Crippen LogP contribution in [0.2, 0.25) is 5.02 Å². The number of nitrogens with zero attached hydrogens (tertiary/aromatic N) is 1. The van der Waals surface area contributed by atoms with Crippen molar-refractivity contribution in [2.45, 2.75) is 13.8 Å². The summed E-state index contributed by atoms with van der Waals surface area (Å²) in [7, 11) is 0. The quantitative estimate of drug-likeness (QED) is 0.342. The number of barbiturate groups is 1. The highest BCUT2D eigenvalue weighted by molar-refractivity contribution is 6.39. The van der Waals surface area contributed by atoms with Crippen LogP contribution >= 0.6 is 11.6 Å². The van der Waals surface area contributed by atoms with Gasteiger partial charge in [-0.15, -0.1) is 0 Å². The van der Waals surface area contributed by atoms with Gasteiger partial charge in [0.25, 0.3) is 11.8 Å². The molecular formula is C23H20ClFN2O7. The summed E-state index contributed by atoms with van der Waals surface area (Å²) in [6.07, 6.45) is 1.23. The average Bonchev–Trinajstić information content (AvgIpc) is 2.77. The minimum atomic E-state index is -0.963. The second kappa shape index (κ2) is 10.8. The Hall–Kier alpha value is -3.92. The van der Waals surface area contributed by atoms with Gasteiger partial charge in [0, 0.05) is 0 Å². The molecule has 1 heterocycles. The first-order valence-electron chi connectivity index (χ1n) is 10.2. The Labute approximate surface area is 199 Å². The van der Waals surface area contributed by atoms with E-state index >= 15 is 0 Å². The van der Waals surface area contributed by atoms with Crippen LogP contribution < -0.4 is 19.7 Å². The van der Waals surface area contributed by atoms with Crippen molar-refractivity contribution in [1.29, 1.82) is 0 Å². The van der Waals surface area contributed by atoms with E-state index in [2.05, 4.69) is 5.32 Å². The number of esters is 1. The standard InChI is InChI=1S/C23H20ClFN2O7/c1-3-32-18-11-13(10-17(24)20(18)34-12-19(28)33-4-2)9-16-21(29)26-23(31)27(22(16)30)15-7-5-14(25)6-8-15/h5-11H,3-4,12H2,1-2H3,(H,26,29,31)/b16-9+. The molecule has 34 heavy (non-hydrogen) atoms. The minimum Gasteiger partial charge on any atom is -0.490 e. The van der Waals surface area contributed by atoms with E-state index in [1.807, 2.05) is 0 Å². The molecule has 3 rings (SSSR count). The highest BCUT2D eigenvalue weighted by Crippen LogP contribution is 2.37. The third-order valence-electron chi connectivity index (χ3n) is 4.47. The molecule has 1 saturated heterocycles. The molecule has 0 aromatic heterocycles. The summed E-state index contributed by atoms with van der Waals surface area (Å²) in [6, 6.07) is 6.53. The lowest BCUT2D eigenvalue weighted by Gasteiger charge is -2.26. The Kier molecular flexibility index (Phi) is 7.85. The maximum Gasteiger partial charge on any atom is 0.344 e. The number of urea groups is 1. The van der Waals surface area contributed by atoms with Crippen LogP contribution in [0, 0.1) is 5.82 Å². The van der Waals surface area contributed by atoms with Crippen LogP contribution in [0.15, 0.2) is 42.0 Å². The predicted molar refractivity (Wildman–Crippen MR) is 120 cm³/mol. The molecule has 0 atom stereocenters. The first kappa shape index (κ1) is 24.7. The second-order valence-corrected chi connectivity index (χ2v) is 7.20. The molecule has 0 aliphatic carbocycles. The van der Waals surface area contributed by atoms with Gasteiger partial charge in [-0.2, -0.15) is 0 Å². The summed E-state index contributed by atoms with van der Waals surface area (Å²) in [5.41, 5.74) is 0.0181. The number of rotatable bonds is 8. The Balaban J connectivity index is 1.95. The first-order valence-corrected chi connectivity index (χ1v) is 10.5. The fraction of sp³-hybridized carbons (Fsp3) is 0.217. The predicted octanol–water partition coefficient (Wildman–Crippen LogP) is 3.49. The van der Waals surface area contributed by atoms with Crippen LogP contribution in [0.5, 0.6) is 11.5 Å². The third kappa shape index (κ3) is 5.52. The number of carbonyl (C=O) groups is 4. The van der Waals surface area contributed by atoms with Gasteiger partial charge in [0.05, 0.1) is 23.9 Å². The number of anilines is 1. The zero-order valence-electron chi connectivity index (χ0n) is 18.2. The van der Waals surface area contributed by atoms with Gasteiger partial charge in [0.2, 0.25) is 0 Å². The molecule has 2 aromatic carbocycles. The Morgan fingerprint density at radius 3 is 2.44 bits per heavy atom. The summed E-state index contributed by atoms with van der Waals surface area (Å²) in [5.74, 6) is -2.71. The number of imide groups is 2. The molecule has 1 N–H and O–H groups in total. The fourth-order valence-corrected chi connectivity index (χ4v) is 3.33. The average molecular weight is 491 g/mol. The van der Waals surface area contributed by atoms with E-state index in [-0.39, 0.29) is 41.0 Å². The Bertz CT molecular complexity index is 1160. The van der Waals surface area contributed by atoms with E-state index in [0.717, 1.165) is 12.1 Å². The highest BCUT2D eigenvalue weighted by atomic mass is 35.5. The van der Waals surface area contributed by atoms with Crippen molar-refractivity contribution < 1.29 is 37.8 Å². The first-order chi connectivity index (χ1) is 16.2. The van der Waals surface area contributed by atoms with E-state index < -0.39 is 36.2 Å². The van der Waals surface area contributed by atoms with Crippen LogP contribution in [0.4, 0.5) is 14.9 Å². The molecule has 1 aliphatic heterocycles. The number of hydrogen-bond donors (Lipinski definition) is 1. The fourth-order valence-electron chi connectivity index (χ4n) is 3.06. The van der Waals surface area contributed by atoms with E-state index in [4.69, 9.17) is 25.8 Å². The third-order valence-corrected chi connectivity index (χ3v) is 4.75. The lowest BCUT2D eigenvalue weighted by atomic mass is 10.1. The number of benzene rings is 2. The number of nitrogens with one attached hydrogen (secondary N) is 1. The zero-order chi connectivity index (χ0) is 24.8. The SMILES string of the molecule is CCOC(=O)COc1c(Cl)cc(/C=C2\C(=O)NC(=O)N(c3ccc(F)cc3)C2=O)cc1OCC. The molecule has 11 heteroatoms. The monoisotopic (exact) mass is 490 g/mol. The molecule has 1 aliphatic rings. The van der Waals surface area contributed by atoms with Gasteiger partial charge in [0.15, 0.2) is 18.1 Å². The number of amides is 4. The highest BCUT2D eigenvalue weighted by Gasteiger charge is 2.37. The lowest BCUT2D eigenvalue weighted by Crippen LogP contribution is -2.54. The van der Waals surface area contributed by atoms with Crippen molar-refractivity contribution in [2.75, 3.05) is 24.7 Å². The number of ether oxygens (including phenoxy) is 3. The molecule has 0 bridgehead atoms. The van der Waals surface area contributed by atoms with Gasteiger partial charge in [0.1, 0.15) is 11.4 Å². The number of carbonyl (C=O) groups excluding carboxylic acids is 4. The van der Waals surface area contributed by atoms with Gasteiger partial charge in [-0.1, -0.05) is 11.6 Å². The van der Waals surface area contributed by atoms with Gasteiger partial charge >= 0.3 is 12.0 Å². The van der Waals surface area contributed by atoms with Crippen molar-refractivity contribution in [1.82, 2.24) is 5.32 Å². The van der Waals surface area contributed by atoms with E-state index in [0.29, 0.717) is 10.5 Å². The largest absolute Gasteiger partial charge is 0.490 e. The molecule has 0 unspecified atom stereocenters. The van der Waals surface area contributed by atoms with Crippen LogP contribution in [-0.2, 0) is 19.1 Å². The van der Waals surface area contributed by atoms with E-state index in [9.17, 15) is 23.6 Å². The maximum absolute atomic E-state index is 13.3. The van der Waals surface area contributed by atoms with Crippen molar-refractivity contribution in [3.63, 3.8) is 0 Å². The molecule has 0 saturated carbocycles. The molecule has 0 radical (unpaired) electrons. The summed E-state index contributed by atoms with van der Waals surface area (Å²) >= 11 is 6.31. The number of hydrogen-bond acceptors (Lipinski definition) is 7. The van der Waals surface area contributed by atoms with Crippen molar-refractivity contribution in [3.05, 3.63) is 58.4 Å². The van der Waals surface area contributed by atoms with Gasteiger partial charge in [-0.05, 0) is 61.9 Å². The van der Waals surface area contributed by atoms with Gasteiger partial charge in [-0.3, -0.25) is 14.9 Å². The van der Waals surface area contributed by atoms with Crippen molar-refractivity contribution in [2.24, 2.45) is 0 Å². The van der Waals surface area contributed by atoms with Gasteiger partial charge < -0.3 is 14.2 Å². The summed E-state index contributed by atoms with van der Waals surface area (Å²) in [6.45, 7) is 3.40.